The normalized spacial score (nSPS) is 19.0. The number of hydrogen-bond acceptors (Lipinski definition) is 1. The van der Waals surface area contributed by atoms with Gasteiger partial charge in [-0.3, -0.25) is 0 Å². The third kappa shape index (κ3) is 1.19. The van der Waals surface area contributed by atoms with E-state index < -0.39 is 0 Å². The minimum atomic E-state index is 0.492. The first-order valence-electron chi connectivity index (χ1n) is 6.19. The molecule has 0 N–H and O–H groups in total. The number of fused-ring (bicyclic) bond motifs is 3. The van der Waals surface area contributed by atoms with Crippen molar-refractivity contribution in [2.45, 2.75) is 38.3 Å². The molecule has 0 unspecified atom stereocenters. The van der Waals surface area contributed by atoms with E-state index in [4.69, 9.17) is 4.74 Å². The first-order chi connectivity index (χ1) is 7.92. The molecule has 0 amide bonds. The van der Waals surface area contributed by atoms with Crippen molar-refractivity contribution < 1.29 is 4.74 Å². The molecule has 16 heavy (non-hydrogen) atoms. The Kier molecular flexibility index (Phi) is 1.65. The van der Waals surface area contributed by atoms with E-state index in [-0.39, 0.29) is 0 Å². The maximum Gasteiger partial charge on any atom is 0.127 e. The summed E-state index contributed by atoms with van der Waals surface area (Å²) in [6, 6.07) is 6.58. The second-order valence-electron chi connectivity index (χ2n) is 4.90. The third-order valence-electron chi connectivity index (χ3n) is 3.67. The molecule has 0 aromatic rings. The van der Waals surface area contributed by atoms with Crippen LogP contribution in [0.25, 0.3) is 11.1 Å². The molecule has 2 heterocycles. The summed E-state index contributed by atoms with van der Waals surface area (Å²) in [5.74, 6) is 1.09. The van der Waals surface area contributed by atoms with Crippen LogP contribution in [0.5, 0.6) is 5.75 Å². The summed E-state index contributed by atoms with van der Waals surface area (Å²) in [6.45, 7) is 1.18. The molecule has 2 aliphatic heterocycles. The fraction of sp³-hybridized carbons (Fsp3) is 0.429. The Morgan fingerprint density at radius 2 is 2.06 bits per heavy atom. The molecule has 0 aromatic heterocycles. The molecular weight excluding hydrogens is 198 g/mol. The molecule has 1 saturated carbocycles. The zero-order valence-electron chi connectivity index (χ0n) is 9.28. The van der Waals surface area contributed by atoms with Crippen LogP contribution in [0.4, 0.5) is 0 Å². The molecule has 2 aliphatic carbocycles. The molecule has 2 nitrogen and oxygen atoms in total. The Bertz CT molecular complexity index is 510. The fourth-order valence-corrected chi connectivity index (χ4v) is 2.68. The van der Waals surface area contributed by atoms with E-state index >= 15 is 0 Å². The van der Waals surface area contributed by atoms with Gasteiger partial charge in [-0.05, 0) is 43.9 Å². The molecule has 0 bridgehead atoms. The van der Waals surface area contributed by atoms with Gasteiger partial charge in [0, 0.05) is 29.6 Å². The van der Waals surface area contributed by atoms with Crippen LogP contribution < -0.4 is 4.74 Å². The Balaban J connectivity index is 1.81. The molecular formula is C14H15NO. The van der Waals surface area contributed by atoms with Gasteiger partial charge in [-0.1, -0.05) is 0 Å². The van der Waals surface area contributed by atoms with Crippen molar-refractivity contribution in [1.82, 2.24) is 4.57 Å². The lowest BCUT2D eigenvalue weighted by Gasteiger charge is -2.11. The van der Waals surface area contributed by atoms with Gasteiger partial charge in [0.2, 0.25) is 0 Å². The fourth-order valence-electron chi connectivity index (χ4n) is 2.68. The highest BCUT2D eigenvalue weighted by Gasteiger charge is 2.26. The minimum absolute atomic E-state index is 0.492. The second-order valence-corrected chi connectivity index (χ2v) is 4.90. The number of rotatable bonds is 2. The van der Waals surface area contributed by atoms with Gasteiger partial charge < -0.3 is 9.30 Å². The predicted octanol–water partition coefficient (Wildman–Crippen LogP) is 3.08. The molecule has 1 fully saturated rings. The summed E-state index contributed by atoms with van der Waals surface area (Å²) in [5.41, 5.74) is 4.19. The first kappa shape index (κ1) is 8.68. The van der Waals surface area contributed by atoms with Gasteiger partial charge in [0.15, 0.2) is 0 Å². The zero-order valence-corrected chi connectivity index (χ0v) is 9.28. The minimum Gasteiger partial charge on any atom is -0.490 e. The van der Waals surface area contributed by atoms with Gasteiger partial charge in [0.25, 0.3) is 0 Å². The van der Waals surface area contributed by atoms with E-state index in [1.54, 1.807) is 0 Å². The predicted molar refractivity (Wildman–Crippen MR) is 63.0 cm³/mol. The Labute approximate surface area is 95.2 Å². The lowest BCUT2D eigenvalue weighted by Crippen LogP contribution is -1.99. The van der Waals surface area contributed by atoms with Gasteiger partial charge in [0.1, 0.15) is 5.75 Å². The number of ether oxygens (including phenoxy) is 1. The summed E-state index contributed by atoms with van der Waals surface area (Å²) in [6.07, 6.45) is 7.66. The quantitative estimate of drug-likeness (QED) is 0.747. The lowest BCUT2D eigenvalue weighted by molar-refractivity contribution is 0.305. The maximum absolute atomic E-state index is 5.93. The van der Waals surface area contributed by atoms with Crippen molar-refractivity contribution in [3.63, 3.8) is 0 Å². The van der Waals surface area contributed by atoms with Crippen LogP contribution >= 0.6 is 0 Å². The van der Waals surface area contributed by atoms with Crippen LogP contribution in [0.3, 0.4) is 0 Å². The van der Waals surface area contributed by atoms with Crippen molar-refractivity contribution in [3.05, 3.63) is 30.1 Å². The standard InChI is InChI=1S/C14H15NO/c1-2-13-11-5-6-14(16-10-3-4-10)12(11)7-9-15(13)8-1/h5-7,9-10H,1-4,8H2. The van der Waals surface area contributed by atoms with Crippen molar-refractivity contribution in [3.8, 4) is 16.9 Å². The zero-order chi connectivity index (χ0) is 10.5. The Morgan fingerprint density at radius 1 is 1.12 bits per heavy atom. The van der Waals surface area contributed by atoms with Crippen LogP contribution in [0.15, 0.2) is 24.4 Å². The van der Waals surface area contributed by atoms with E-state index in [9.17, 15) is 0 Å². The monoisotopic (exact) mass is 213 g/mol. The third-order valence-corrected chi connectivity index (χ3v) is 3.67. The molecule has 0 radical (unpaired) electrons. The summed E-state index contributed by atoms with van der Waals surface area (Å²) >= 11 is 0. The van der Waals surface area contributed by atoms with Crippen LogP contribution in [0, 0.1) is 0 Å². The molecule has 0 aromatic carbocycles. The number of nitrogens with zero attached hydrogens (tertiary/aromatic N) is 1. The van der Waals surface area contributed by atoms with Gasteiger partial charge >= 0.3 is 0 Å². The highest BCUT2D eigenvalue weighted by molar-refractivity contribution is 5.76. The summed E-state index contributed by atoms with van der Waals surface area (Å²) in [4.78, 5) is 0. The molecule has 2 heteroatoms. The van der Waals surface area contributed by atoms with Crippen LogP contribution in [0.2, 0.25) is 0 Å². The largest absolute Gasteiger partial charge is 0.490 e. The van der Waals surface area contributed by atoms with Crippen molar-refractivity contribution >= 4 is 0 Å². The van der Waals surface area contributed by atoms with Crippen molar-refractivity contribution in [1.29, 1.82) is 0 Å². The molecule has 0 atom stereocenters. The summed E-state index contributed by atoms with van der Waals surface area (Å²) < 4.78 is 8.31. The Morgan fingerprint density at radius 3 is 2.94 bits per heavy atom. The molecule has 4 rings (SSSR count). The first-order valence-corrected chi connectivity index (χ1v) is 6.19. The van der Waals surface area contributed by atoms with Gasteiger partial charge in [-0.25, -0.2) is 0 Å². The van der Waals surface area contributed by atoms with Crippen molar-refractivity contribution in [2.24, 2.45) is 0 Å². The molecule has 82 valence electrons. The van der Waals surface area contributed by atoms with E-state index in [0.29, 0.717) is 6.10 Å². The smallest absolute Gasteiger partial charge is 0.127 e. The van der Waals surface area contributed by atoms with Crippen molar-refractivity contribution in [2.75, 3.05) is 0 Å². The summed E-state index contributed by atoms with van der Waals surface area (Å²) in [5, 5.41) is 0. The Hall–Kier alpha value is -1.44. The van der Waals surface area contributed by atoms with Crippen LogP contribution in [-0.4, -0.2) is 10.7 Å². The van der Waals surface area contributed by atoms with E-state index in [1.807, 2.05) is 0 Å². The molecule has 4 aliphatic rings. The topological polar surface area (TPSA) is 14.2 Å². The average Bonchev–Trinajstić information content (AvgIpc) is 2.83. The highest BCUT2D eigenvalue weighted by Crippen LogP contribution is 2.40. The average molecular weight is 213 g/mol. The van der Waals surface area contributed by atoms with Gasteiger partial charge in [0.05, 0.1) is 6.10 Å². The van der Waals surface area contributed by atoms with E-state index in [0.717, 1.165) is 5.75 Å². The highest BCUT2D eigenvalue weighted by atomic mass is 16.5. The van der Waals surface area contributed by atoms with E-state index in [1.165, 1.54) is 49.0 Å². The summed E-state index contributed by atoms with van der Waals surface area (Å²) in [7, 11) is 0. The lowest BCUT2D eigenvalue weighted by atomic mass is 10.1. The SMILES string of the molecule is c1cc2c3n(ccc-2c1OC1CC1)CCC3. The molecule has 0 spiro atoms. The number of hydrogen-bond donors (Lipinski definition) is 0. The van der Waals surface area contributed by atoms with Gasteiger partial charge in [-0.2, -0.15) is 0 Å². The van der Waals surface area contributed by atoms with Gasteiger partial charge in [-0.15, -0.1) is 0 Å². The molecule has 0 saturated heterocycles. The van der Waals surface area contributed by atoms with E-state index in [2.05, 4.69) is 29.0 Å². The number of aryl methyl sites for hydroxylation is 1. The second kappa shape index (κ2) is 3.03. The van der Waals surface area contributed by atoms with Crippen LogP contribution in [-0.2, 0) is 13.0 Å². The number of aromatic nitrogens is 1. The van der Waals surface area contributed by atoms with Crippen LogP contribution in [0.1, 0.15) is 25.0 Å². The maximum atomic E-state index is 5.93. The number of pyridine rings is 1.